The van der Waals surface area contributed by atoms with Crippen LogP contribution in [0.4, 0.5) is 5.69 Å². The monoisotopic (exact) mass is 404 g/mol. The van der Waals surface area contributed by atoms with E-state index in [0.29, 0.717) is 5.92 Å². The summed E-state index contributed by atoms with van der Waals surface area (Å²) in [5.74, 6) is 1.47. The molecule has 0 atom stereocenters. The smallest absolute Gasteiger partial charge is 0.214 e. The molecule has 0 unspecified atom stereocenters. The summed E-state index contributed by atoms with van der Waals surface area (Å²) in [5, 5.41) is 3.24. The van der Waals surface area contributed by atoms with E-state index in [1.165, 1.54) is 11.1 Å². The molecule has 154 valence electrons. The summed E-state index contributed by atoms with van der Waals surface area (Å²) in [4.78, 5) is 0. The largest absolute Gasteiger partial charge is 0.464 e. The molecule has 5 nitrogen and oxygen atoms in total. The second-order valence-electron chi connectivity index (χ2n) is 8.20. The van der Waals surface area contributed by atoms with Crippen molar-refractivity contribution in [2.24, 2.45) is 5.92 Å². The molecule has 1 heterocycles. The van der Waals surface area contributed by atoms with Gasteiger partial charge in [-0.05, 0) is 94.7 Å². The first-order valence-corrected chi connectivity index (χ1v) is 11.7. The van der Waals surface area contributed by atoms with E-state index < -0.39 is 10.0 Å². The van der Waals surface area contributed by atoms with E-state index in [1.54, 1.807) is 20.1 Å². The van der Waals surface area contributed by atoms with E-state index in [0.717, 1.165) is 49.2 Å². The van der Waals surface area contributed by atoms with Crippen molar-refractivity contribution in [2.75, 3.05) is 11.9 Å². The van der Waals surface area contributed by atoms with Gasteiger partial charge in [-0.1, -0.05) is 0 Å². The summed E-state index contributed by atoms with van der Waals surface area (Å²) < 4.78 is 32.5. The molecule has 0 aliphatic heterocycles. The molecule has 1 aliphatic rings. The highest BCUT2D eigenvalue weighted by atomic mass is 32.2. The second-order valence-corrected chi connectivity index (χ2v) is 10.5. The Morgan fingerprint density at radius 1 is 1.07 bits per heavy atom. The third-order valence-electron chi connectivity index (χ3n) is 5.95. The molecule has 6 heteroatoms. The van der Waals surface area contributed by atoms with Crippen LogP contribution in [-0.4, -0.2) is 26.3 Å². The summed E-state index contributed by atoms with van der Waals surface area (Å²) in [6.07, 6.45) is 5.61. The van der Waals surface area contributed by atoms with Gasteiger partial charge in [0.05, 0.1) is 11.5 Å². The molecule has 0 bridgehead atoms. The molecule has 0 radical (unpaired) electrons. The van der Waals surface area contributed by atoms with Gasteiger partial charge in [0, 0.05) is 23.8 Å². The Morgan fingerprint density at radius 2 is 1.79 bits per heavy atom. The molecule has 0 spiro atoms. The predicted molar refractivity (Wildman–Crippen MR) is 115 cm³/mol. The van der Waals surface area contributed by atoms with E-state index in [-0.39, 0.29) is 11.3 Å². The Balaban J connectivity index is 1.54. The van der Waals surface area contributed by atoms with Crippen molar-refractivity contribution in [1.29, 1.82) is 0 Å². The minimum atomic E-state index is -3.18. The first-order valence-electron chi connectivity index (χ1n) is 10.2. The van der Waals surface area contributed by atoms with Gasteiger partial charge in [0.25, 0.3) is 0 Å². The maximum absolute atomic E-state index is 12.0. The average molecular weight is 405 g/mol. The van der Waals surface area contributed by atoms with Crippen molar-refractivity contribution in [2.45, 2.75) is 64.7 Å². The molecule has 1 saturated carbocycles. The van der Waals surface area contributed by atoms with Crippen molar-refractivity contribution < 1.29 is 12.8 Å². The maximum Gasteiger partial charge on any atom is 0.214 e. The first-order chi connectivity index (χ1) is 13.3. The molecular weight excluding hydrogens is 372 g/mol. The number of nitrogens with one attached hydrogen (secondary N) is 2. The summed E-state index contributed by atoms with van der Waals surface area (Å²) in [5.41, 5.74) is 4.76. The summed E-state index contributed by atoms with van der Waals surface area (Å²) in [6, 6.07) is 8.22. The van der Waals surface area contributed by atoms with E-state index in [1.807, 2.05) is 12.1 Å². The molecule has 1 fully saturated rings. The average Bonchev–Trinajstić information content (AvgIpc) is 3.18. The van der Waals surface area contributed by atoms with Crippen LogP contribution in [0.1, 0.15) is 50.7 Å². The van der Waals surface area contributed by atoms with E-state index in [9.17, 15) is 8.42 Å². The van der Waals surface area contributed by atoms with Crippen molar-refractivity contribution in [3.8, 4) is 11.3 Å². The highest BCUT2D eigenvalue weighted by molar-refractivity contribution is 7.90. The first kappa shape index (κ1) is 20.9. The lowest BCUT2D eigenvalue weighted by Crippen LogP contribution is -2.41. The fraction of sp³-hybridized carbons (Fsp3) is 0.545. The minimum absolute atomic E-state index is 0.0835. The Bertz CT molecular complexity index is 881. The Labute approximate surface area is 169 Å². The zero-order valence-corrected chi connectivity index (χ0v) is 18.1. The summed E-state index contributed by atoms with van der Waals surface area (Å²) in [7, 11) is -3.18. The number of rotatable bonds is 7. The van der Waals surface area contributed by atoms with Crippen LogP contribution >= 0.6 is 0 Å². The molecule has 2 N–H and O–H groups in total. The maximum atomic E-state index is 12.0. The standard InChI is InChI=1S/C22H32N2O3S/c1-15(2)28(25,26)24-19-9-7-18(8-10-19)14-23-21-12-11-20(16(3)17(21)4)22-6-5-13-27-22/h5-6,11-13,15,18-19,23-24H,7-10,14H2,1-4H3/t18-,19-. The highest BCUT2D eigenvalue weighted by Gasteiger charge is 2.26. The lowest BCUT2D eigenvalue weighted by Gasteiger charge is -2.30. The molecule has 2 aromatic rings. The predicted octanol–water partition coefficient (Wildman–Crippen LogP) is 4.86. The van der Waals surface area contributed by atoms with Crippen molar-refractivity contribution in [1.82, 2.24) is 4.72 Å². The molecule has 0 amide bonds. The topological polar surface area (TPSA) is 71.3 Å². The van der Waals surface area contributed by atoms with Crippen LogP contribution in [0.15, 0.2) is 34.9 Å². The van der Waals surface area contributed by atoms with Crippen LogP contribution in [0, 0.1) is 19.8 Å². The van der Waals surface area contributed by atoms with Crippen molar-refractivity contribution in [3.63, 3.8) is 0 Å². The molecule has 1 aliphatic carbocycles. The lowest BCUT2D eigenvalue weighted by atomic mass is 9.86. The van der Waals surface area contributed by atoms with Crippen LogP contribution in [0.25, 0.3) is 11.3 Å². The van der Waals surface area contributed by atoms with Gasteiger partial charge in [-0.15, -0.1) is 0 Å². The normalized spacial score (nSPS) is 20.5. The van der Waals surface area contributed by atoms with Gasteiger partial charge in [0.15, 0.2) is 0 Å². The lowest BCUT2D eigenvalue weighted by molar-refractivity contribution is 0.323. The molecule has 1 aromatic heterocycles. The second kappa shape index (κ2) is 8.70. The van der Waals surface area contributed by atoms with Crippen LogP contribution < -0.4 is 10.0 Å². The fourth-order valence-corrected chi connectivity index (χ4v) is 4.79. The number of hydrogen-bond acceptors (Lipinski definition) is 4. The quantitative estimate of drug-likeness (QED) is 0.691. The third-order valence-corrected chi connectivity index (χ3v) is 7.86. The van der Waals surface area contributed by atoms with Crippen LogP contribution in [0.3, 0.4) is 0 Å². The molecule has 1 aromatic carbocycles. The Kier molecular flexibility index (Phi) is 6.50. The summed E-state index contributed by atoms with van der Waals surface area (Å²) >= 11 is 0. The van der Waals surface area contributed by atoms with Crippen molar-refractivity contribution >= 4 is 15.7 Å². The fourth-order valence-electron chi connectivity index (χ4n) is 3.82. The number of anilines is 1. The number of furan rings is 1. The molecule has 0 saturated heterocycles. The molecular formula is C22H32N2O3S. The van der Waals surface area contributed by atoms with Crippen LogP contribution in [0.5, 0.6) is 0 Å². The summed E-state index contributed by atoms with van der Waals surface area (Å²) in [6.45, 7) is 8.63. The Morgan fingerprint density at radius 3 is 2.39 bits per heavy atom. The van der Waals surface area contributed by atoms with Gasteiger partial charge in [-0.3, -0.25) is 0 Å². The molecule has 28 heavy (non-hydrogen) atoms. The number of sulfonamides is 1. The minimum Gasteiger partial charge on any atom is -0.464 e. The van der Waals surface area contributed by atoms with Gasteiger partial charge in [0.2, 0.25) is 10.0 Å². The van der Waals surface area contributed by atoms with Gasteiger partial charge < -0.3 is 9.73 Å². The highest BCUT2D eigenvalue weighted by Crippen LogP contribution is 2.31. The SMILES string of the molecule is Cc1c(NC[C@H]2CC[C@H](NS(=O)(=O)C(C)C)CC2)ccc(-c2ccco2)c1C. The van der Waals surface area contributed by atoms with Crippen LogP contribution in [-0.2, 0) is 10.0 Å². The van der Waals surface area contributed by atoms with Gasteiger partial charge in [-0.2, -0.15) is 0 Å². The van der Waals surface area contributed by atoms with E-state index in [4.69, 9.17) is 4.42 Å². The zero-order valence-electron chi connectivity index (χ0n) is 17.3. The third kappa shape index (κ3) is 4.78. The van der Waals surface area contributed by atoms with Gasteiger partial charge in [-0.25, -0.2) is 13.1 Å². The van der Waals surface area contributed by atoms with Crippen LogP contribution in [0.2, 0.25) is 0 Å². The number of hydrogen-bond donors (Lipinski definition) is 2. The Hall–Kier alpha value is -1.79. The van der Waals surface area contributed by atoms with E-state index >= 15 is 0 Å². The number of benzene rings is 1. The molecule has 3 rings (SSSR count). The van der Waals surface area contributed by atoms with E-state index in [2.05, 4.69) is 36.0 Å². The zero-order chi connectivity index (χ0) is 20.3. The van der Waals surface area contributed by atoms with Gasteiger partial charge in [0.1, 0.15) is 5.76 Å². The van der Waals surface area contributed by atoms with Gasteiger partial charge >= 0.3 is 0 Å². The van der Waals surface area contributed by atoms with Crippen molar-refractivity contribution in [3.05, 3.63) is 41.7 Å².